The van der Waals surface area contributed by atoms with E-state index in [0.717, 1.165) is 28.9 Å². The van der Waals surface area contributed by atoms with Crippen LogP contribution in [-0.4, -0.2) is 26.7 Å². The van der Waals surface area contributed by atoms with Gasteiger partial charge >= 0.3 is 0 Å². The van der Waals surface area contributed by atoms with Crippen molar-refractivity contribution >= 4 is 11.7 Å². The van der Waals surface area contributed by atoms with Gasteiger partial charge in [-0.2, -0.15) is 5.10 Å². The number of ketones is 1. The molecule has 2 aromatic rings. The molecule has 6 heteroatoms. The molecule has 0 bridgehead atoms. The molecule has 1 amide bonds. The fourth-order valence-corrected chi connectivity index (χ4v) is 3.34. The van der Waals surface area contributed by atoms with Crippen molar-refractivity contribution in [1.82, 2.24) is 15.3 Å². The minimum Gasteiger partial charge on any atom is -0.294 e. The highest BCUT2D eigenvalue weighted by atomic mass is 16.5. The summed E-state index contributed by atoms with van der Waals surface area (Å²) in [6.45, 7) is 6.62. The lowest BCUT2D eigenvalue weighted by Crippen LogP contribution is -2.28. The van der Waals surface area contributed by atoms with Crippen LogP contribution in [0.2, 0.25) is 0 Å². The molecule has 1 aromatic carbocycles. The first-order valence-electron chi connectivity index (χ1n) is 7.93. The Morgan fingerprint density at radius 2 is 1.96 bits per heavy atom. The normalized spacial score (nSPS) is 15.9. The van der Waals surface area contributed by atoms with Crippen molar-refractivity contribution in [2.75, 3.05) is 0 Å². The van der Waals surface area contributed by atoms with Gasteiger partial charge in [0.05, 0.1) is 23.5 Å². The molecule has 1 aliphatic rings. The van der Waals surface area contributed by atoms with Crippen molar-refractivity contribution in [2.45, 2.75) is 40.2 Å². The molecule has 2 N–H and O–H groups in total. The molecule has 0 aliphatic heterocycles. The first-order valence-corrected chi connectivity index (χ1v) is 7.93. The first-order chi connectivity index (χ1) is 11.3. The van der Waals surface area contributed by atoms with Crippen LogP contribution in [0.5, 0.6) is 0 Å². The minimum absolute atomic E-state index is 0.0582. The average molecular weight is 327 g/mol. The largest absolute Gasteiger partial charge is 0.294 e. The van der Waals surface area contributed by atoms with Crippen molar-refractivity contribution in [3.63, 3.8) is 0 Å². The number of hydrogen-bond acceptors (Lipinski definition) is 4. The van der Waals surface area contributed by atoms with E-state index in [2.05, 4.69) is 18.9 Å². The first kappa shape index (κ1) is 16.4. The molecule has 126 valence electrons. The van der Waals surface area contributed by atoms with E-state index in [1.807, 2.05) is 23.7 Å². The number of carbonyl (C=O) groups is 2. The summed E-state index contributed by atoms with van der Waals surface area (Å²) in [6.07, 6.45) is 1.37. The minimum atomic E-state index is -0.541. The highest BCUT2D eigenvalue weighted by Crippen LogP contribution is 2.36. The van der Waals surface area contributed by atoms with Crippen LogP contribution in [0.25, 0.3) is 0 Å². The molecule has 0 saturated carbocycles. The molecule has 6 nitrogen and oxygen atoms in total. The van der Waals surface area contributed by atoms with Crippen molar-refractivity contribution in [1.29, 1.82) is 0 Å². The van der Waals surface area contributed by atoms with E-state index in [1.54, 1.807) is 17.6 Å². The highest BCUT2D eigenvalue weighted by Gasteiger charge is 2.35. The molecule has 0 spiro atoms. The van der Waals surface area contributed by atoms with Crippen molar-refractivity contribution in [3.8, 4) is 0 Å². The Balaban J connectivity index is 1.90. The summed E-state index contributed by atoms with van der Waals surface area (Å²) in [4.78, 5) is 23.8. The molecule has 1 aliphatic carbocycles. The molecule has 0 saturated heterocycles. The molecule has 0 unspecified atom stereocenters. The van der Waals surface area contributed by atoms with Gasteiger partial charge in [0, 0.05) is 12.0 Å². The van der Waals surface area contributed by atoms with E-state index in [9.17, 15) is 9.59 Å². The Kier molecular flexibility index (Phi) is 4.01. The average Bonchev–Trinajstić information content (AvgIpc) is 2.81. The SMILES string of the molecule is Cc1nn(Cc2ccc(C(=O)NO)cc2)c2c1C(=O)CC(C)(C)C2. The number of benzene rings is 1. The predicted molar refractivity (Wildman–Crippen MR) is 88.2 cm³/mol. The van der Waals surface area contributed by atoms with Crippen LogP contribution in [0, 0.1) is 12.3 Å². The van der Waals surface area contributed by atoms with Gasteiger partial charge in [-0.05, 0) is 36.5 Å². The molecule has 3 rings (SSSR count). The third-order valence-electron chi connectivity index (χ3n) is 4.45. The summed E-state index contributed by atoms with van der Waals surface area (Å²) >= 11 is 0. The standard InChI is InChI=1S/C18H21N3O3/c1-11-16-14(8-18(2,3)9-15(16)22)21(19-11)10-12-4-6-13(7-5-12)17(23)20-24/h4-7,24H,8-10H2,1-3H3,(H,20,23). The maximum atomic E-state index is 12.4. The van der Waals surface area contributed by atoms with Gasteiger partial charge < -0.3 is 0 Å². The van der Waals surface area contributed by atoms with E-state index in [1.165, 1.54) is 0 Å². The molecule has 0 fully saturated rings. The molecular formula is C18H21N3O3. The van der Waals surface area contributed by atoms with Gasteiger partial charge in [0.2, 0.25) is 0 Å². The summed E-state index contributed by atoms with van der Waals surface area (Å²) in [6, 6.07) is 6.95. The van der Waals surface area contributed by atoms with Crippen molar-refractivity contribution < 1.29 is 14.8 Å². The summed E-state index contributed by atoms with van der Waals surface area (Å²) in [5.74, 6) is -0.374. The second-order valence-electron chi connectivity index (χ2n) is 7.14. The number of rotatable bonds is 3. The Labute approximate surface area is 140 Å². The summed E-state index contributed by atoms with van der Waals surface area (Å²) in [5.41, 5.74) is 5.46. The molecule has 1 aromatic heterocycles. The third-order valence-corrected chi connectivity index (χ3v) is 4.45. The Bertz CT molecular complexity index is 804. The lowest BCUT2D eigenvalue weighted by Gasteiger charge is -2.29. The van der Waals surface area contributed by atoms with Crippen LogP contribution in [0.1, 0.15) is 57.9 Å². The fraction of sp³-hybridized carbons (Fsp3) is 0.389. The number of hydrogen-bond donors (Lipinski definition) is 2. The Morgan fingerprint density at radius 3 is 2.58 bits per heavy atom. The molecule has 1 heterocycles. The van der Waals surface area contributed by atoms with Gasteiger partial charge in [0.15, 0.2) is 5.78 Å². The number of hydroxylamine groups is 1. The van der Waals surface area contributed by atoms with Crippen molar-refractivity contribution in [2.24, 2.45) is 5.41 Å². The van der Waals surface area contributed by atoms with Crippen molar-refractivity contribution in [3.05, 3.63) is 52.3 Å². The van der Waals surface area contributed by atoms with E-state index >= 15 is 0 Å². The number of Topliss-reactive ketones (excluding diaryl/α,β-unsaturated/α-hetero) is 1. The number of nitrogens with zero attached hydrogens (tertiary/aromatic N) is 2. The zero-order valence-corrected chi connectivity index (χ0v) is 14.1. The Morgan fingerprint density at radius 1 is 1.29 bits per heavy atom. The number of amides is 1. The van der Waals surface area contributed by atoms with Crippen LogP contribution < -0.4 is 5.48 Å². The van der Waals surface area contributed by atoms with Crippen LogP contribution in [0.15, 0.2) is 24.3 Å². The second kappa shape index (κ2) is 5.87. The van der Waals surface area contributed by atoms with Crippen LogP contribution in [0.3, 0.4) is 0 Å². The molecule has 0 atom stereocenters. The third kappa shape index (κ3) is 2.97. The van der Waals surface area contributed by atoms with Gasteiger partial charge in [-0.3, -0.25) is 19.5 Å². The maximum absolute atomic E-state index is 12.4. The maximum Gasteiger partial charge on any atom is 0.274 e. The van der Waals surface area contributed by atoms with Gasteiger partial charge in [0.25, 0.3) is 5.91 Å². The van der Waals surface area contributed by atoms with Gasteiger partial charge in [-0.15, -0.1) is 0 Å². The number of aromatic nitrogens is 2. The highest BCUT2D eigenvalue weighted by molar-refractivity contribution is 5.99. The molecule has 24 heavy (non-hydrogen) atoms. The van der Waals surface area contributed by atoms with E-state index in [4.69, 9.17) is 5.21 Å². The van der Waals surface area contributed by atoms with E-state index in [-0.39, 0.29) is 11.2 Å². The summed E-state index contributed by atoms with van der Waals surface area (Å²) in [5, 5.41) is 13.2. The Hall–Kier alpha value is -2.47. The number of aryl methyl sites for hydroxylation is 1. The van der Waals surface area contributed by atoms with Crippen LogP contribution in [0.4, 0.5) is 0 Å². The summed E-state index contributed by atoms with van der Waals surface area (Å²) in [7, 11) is 0. The lowest BCUT2D eigenvalue weighted by atomic mass is 9.75. The summed E-state index contributed by atoms with van der Waals surface area (Å²) < 4.78 is 1.89. The zero-order valence-electron chi connectivity index (χ0n) is 14.1. The topological polar surface area (TPSA) is 84.2 Å². The quantitative estimate of drug-likeness (QED) is 0.670. The molecular weight excluding hydrogens is 306 g/mol. The number of nitrogens with one attached hydrogen (secondary N) is 1. The molecule has 0 radical (unpaired) electrons. The fourth-order valence-electron chi connectivity index (χ4n) is 3.34. The van der Waals surface area contributed by atoms with Gasteiger partial charge in [-0.25, -0.2) is 5.48 Å². The van der Waals surface area contributed by atoms with E-state index in [0.29, 0.717) is 18.5 Å². The number of carbonyl (C=O) groups excluding carboxylic acids is 2. The van der Waals surface area contributed by atoms with E-state index < -0.39 is 5.91 Å². The lowest BCUT2D eigenvalue weighted by molar-refractivity contribution is 0.0706. The zero-order chi connectivity index (χ0) is 17.5. The predicted octanol–water partition coefficient (Wildman–Crippen LogP) is 2.51. The monoisotopic (exact) mass is 327 g/mol. The number of fused-ring (bicyclic) bond motifs is 1. The smallest absolute Gasteiger partial charge is 0.274 e. The van der Waals surface area contributed by atoms with Crippen LogP contribution >= 0.6 is 0 Å². The second-order valence-corrected chi connectivity index (χ2v) is 7.14. The van der Waals surface area contributed by atoms with Crippen LogP contribution in [-0.2, 0) is 13.0 Å². The van der Waals surface area contributed by atoms with Gasteiger partial charge in [0.1, 0.15) is 0 Å². The van der Waals surface area contributed by atoms with Gasteiger partial charge in [-0.1, -0.05) is 26.0 Å².